The predicted molar refractivity (Wildman–Crippen MR) is 66.8 cm³/mol. The zero-order valence-corrected chi connectivity index (χ0v) is 10.0. The highest BCUT2D eigenvalue weighted by atomic mass is 19.1. The molecule has 0 aromatic heterocycles. The van der Waals surface area contributed by atoms with Crippen molar-refractivity contribution in [3.63, 3.8) is 0 Å². The summed E-state index contributed by atoms with van der Waals surface area (Å²) in [5.74, 6) is -0.262. The van der Waals surface area contributed by atoms with E-state index in [-0.39, 0.29) is 23.9 Å². The maximum absolute atomic E-state index is 12.9. The van der Waals surface area contributed by atoms with Crippen molar-refractivity contribution in [2.24, 2.45) is 5.92 Å². The van der Waals surface area contributed by atoms with E-state index in [0.717, 1.165) is 19.3 Å². The number of hydrogen-bond donors (Lipinski definition) is 3. The zero-order valence-electron chi connectivity index (χ0n) is 10.0. The Labute approximate surface area is 105 Å². The van der Waals surface area contributed by atoms with Crippen LogP contribution in [0.5, 0.6) is 0 Å². The Kier molecular flexibility index (Phi) is 4.15. The Bertz CT molecular complexity index is 425. The van der Waals surface area contributed by atoms with Gasteiger partial charge in [-0.2, -0.15) is 0 Å². The molecule has 0 saturated heterocycles. The first kappa shape index (κ1) is 12.8. The van der Waals surface area contributed by atoms with E-state index < -0.39 is 0 Å². The Hall–Kier alpha value is -1.62. The van der Waals surface area contributed by atoms with E-state index in [1.807, 2.05) is 0 Å². The van der Waals surface area contributed by atoms with Crippen LogP contribution in [0.4, 0.5) is 14.9 Å². The summed E-state index contributed by atoms with van der Waals surface area (Å²) < 4.78 is 12.9. The Morgan fingerprint density at radius 3 is 2.94 bits per heavy atom. The SMILES string of the molecule is O=C(NCC1CCCC1O)Nc1cccc(F)c1. The van der Waals surface area contributed by atoms with Crippen LogP contribution in [-0.2, 0) is 0 Å². The average Bonchev–Trinajstić information content (AvgIpc) is 2.72. The lowest BCUT2D eigenvalue weighted by molar-refractivity contribution is 0.133. The quantitative estimate of drug-likeness (QED) is 0.771. The largest absolute Gasteiger partial charge is 0.393 e. The minimum Gasteiger partial charge on any atom is -0.393 e. The van der Waals surface area contributed by atoms with Crippen LogP contribution in [0, 0.1) is 11.7 Å². The first-order chi connectivity index (χ1) is 8.65. The Morgan fingerprint density at radius 1 is 1.44 bits per heavy atom. The van der Waals surface area contributed by atoms with Crippen LogP contribution in [0.25, 0.3) is 0 Å². The lowest BCUT2D eigenvalue weighted by atomic mass is 10.1. The fourth-order valence-electron chi connectivity index (χ4n) is 2.22. The third kappa shape index (κ3) is 3.43. The number of halogens is 1. The van der Waals surface area contributed by atoms with E-state index in [4.69, 9.17) is 0 Å². The van der Waals surface area contributed by atoms with Crippen LogP contribution in [0.2, 0.25) is 0 Å². The van der Waals surface area contributed by atoms with Gasteiger partial charge in [0.05, 0.1) is 6.10 Å². The molecule has 1 aromatic carbocycles. The van der Waals surface area contributed by atoms with Gasteiger partial charge in [-0.3, -0.25) is 0 Å². The third-order valence-corrected chi connectivity index (χ3v) is 3.23. The third-order valence-electron chi connectivity index (χ3n) is 3.23. The van der Waals surface area contributed by atoms with Crippen molar-refractivity contribution in [1.29, 1.82) is 0 Å². The van der Waals surface area contributed by atoms with Gasteiger partial charge in [-0.25, -0.2) is 9.18 Å². The summed E-state index contributed by atoms with van der Waals surface area (Å²) in [4.78, 5) is 11.6. The first-order valence-electron chi connectivity index (χ1n) is 6.13. The maximum Gasteiger partial charge on any atom is 0.319 e. The molecule has 1 aliphatic carbocycles. The lowest BCUT2D eigenvalue weighted by Gasteiger charge is -2.15. The molecule has 0 bridgehead atoms. The minimum atomic E-state index is -0.390. The molecule has 1 aromatic rings. The van der Waals surface area contributed by atoms with E-state index in [2.05, 4.69) is 10.6 Å². The van der Waals surface area contributed by atoms with Crippen molar-refractivity contribution in [1.82, 2.24) is 5.32 Å². The summed E-state index contributed by atoms with van der Waals surface area (Å²) in [5.41, 5.74) is 0.416. The van der Waals surface area contributed by atoms with Crippen LogP contribution in [0.1, 0.15) is 19.3 Å². The standard InChI is InChI=1S/C13H17FN2O2/c14-10-4-2-5-11(7-10)16-13(18)15-8-9-3-1-6-12(9)17/h2,4-5,7,9,12,17H,1,3,6,8H2,(H2,15,16,18). The molecular formula is C13H17FN2O2. The van der Waals surface area contributed by atoms with E-state index in [0.29, 0.717) is 12.2 Å². The van der Waals surface area contributed by atoms with Crippen LogP contribution in [0.3, 0.4) is 0 Å². The molecule has 0 heterocycles. The molecule has 18 heavy (non-hydrogen) atoms. The molecule has 0 aliphatic heterocycles. The number of urea groups is 1. The number of amides is 2. The molecule has 5 heteroatoms. The molecule has 2 amide bonds. The molecule has 98 valence electrons. The highest BCUT2D eigenvalue weighted by molar-refractivity contribution is 5.89. The second kappa shape index (κ2) is 5.82. The van der Waals surface area contributed by atoms with Crippen LogP contribution in [-0.4, -0.2) is 23.8 Å². The Balaban J connectivity index is 1.78. The van der Waals surface area contributed by atoms with E-state index in [1.54, 1.807) is 6.07 Å². The van der Waals surface area contributed by atoms with Gasteiger partial charge in [0.1, 0.15) is 5.82 Å². The van der Waals surface area contributed by atoms with Crippen molar-refractivity contribution < 1.29 is 14.3 Å². The molecule has 0 radical (unpaired) electrons. The molecule has 1 saturated carbocycles. The Morgan fingerprint density at radius 2 is 2.28 bits per heavy atom. The fraction of sp³-hybridized carbons (Fsp3) is 0.462. The van der Waals surface area contributed by atoms with Gasteiger partial charge in [-0.1, -0.05) is 12.5 Å². The number of rotatable bonds is 3. The number of aliphatic hydroxyl groups excluding tert-OH is 1. The smallest absolute Gasteiger partial charge is 0.319 e. The predicted octanol–water partition coefficient (Wildman–Crippen LogP) is 2.11. The van der Waals surface area contributed by atoms with Gasteiger partial charge >= 0.3 is 6.03 Å². The summed E-state index contributed by atoms with van der Waals surface area (Å²) >= 11 is 0. The molecule has 1 fully saturated rings. The molecular weight excluding hydrogens is 235 g/mol. The molecule has 2 unspecified atom stereocenters. The number of hydrogen-bond acceptors (Lipinski definition) is 2. The van der Waals surface area contributed by atoms with Crippen molar-refractivity contribution in [2.45, 2.75) is 25.4 Å². The van der Waals surface area contributed by atoms with Crippen molar-refractivity contribution in [3.8, 4) is 0 Å². The second-order valence-corrected chi connectivity index (χ2v) is 4.60. The van der Waals surface area contributed by atoms with E-state index in [9.17, 15) is 14.3 Å². The monoisotopic (exact) mass is 252 g/mol. The molecule has 4 nitrogen and oxygen atoms in total. The van der Waals surface area contributed by atoms with Gasteiger partial charge < -0.3 is 15.7 Å². The maximum atomic E-state index is 12.9. The minimum absolute atomic E-state index is 0.128. The second-order valence-electron chi connectivity index (χ2n) is 4.60. The summed E-state index contributed by atoms with van der Waals surface area (Å²) in [5, 5.41) is 14.8. The first-order valence-corrected chi connectivity index (χ1v) is 6.13. The highest BCUT2D eigenvalue weighted by Crippen LogP contribution is 2.24. The average molecular weight is 252 g/mol. The lowest BCUT2D eigenvalue weighted by Crippen LogP contribution is -2.35. The number of anilines is 1. The van der Waals surface area contributed by atoms with E-state index in [1.165, 1.54) is 18.2 Å². The molecule has 2 rings (SSSR count). The normalized spacial score (nSPS) is 22.8. The van der Waals surface area contributed by atoms with Gasteiger partial charge in [0.25, 0.3) is 0 Å². The van der Waals surface area contributed by atoms with Gasteiger partial charge in [0.2, 0.25) is 0 Å². The van der Waals surface area contributed by atoms with Crippen molar-refractivity contribution in [2.75, 3.05) is 11.9 Å². The molecule has 1 aliphatic rings. The van der Waals surface area contributed by atoms with Crippen molar-refractivity contribution >= 4 is 11.7 Å². The van der Waals surface area contributed by atoms with Gasteiger partial charge in [-0.05, 0) is 31.0 Å². The van der Waals surface area contributed by atoms with Gasteiger partial charge in [0.15, 0.2) is 0 Å². The van der Waals surface area contributed by atoms with Crippen molar-refractivity contribution in [3.05, 3.63) is 30.1 Å². The van der Waals surface area contributed by atoms with E-state index >= 15 is 0 Å². The summed E-state index contributed by atoms with van der Waals surface area (Å²) in [7, 11) is 0. The highest BCUT2D eigenvalue weighted by Gasteiger charge is 2.25. The van der Waals surface area contributed by atoms with Crippen LogP contribution < -0.4 is 10.6 Å². The summed E-state index contributed by atoms with van der Waals surface area (Å²) in [6.07, 6.45) is 2.41. The number of carbonyl (C=O) groups is 1. The zero-order chi connectivity index (χ0) is 13.0. The number of benzene rings is 1. The summed E-state index contributed by atoms with van der Waals surface area (Å²) in [6, 6.07) is 5.35. The van der Waals surface area contributed by atoms with Gasteiger partial charge in [-0.15, -0.1) is 0 Å². The molecule has 3 N–H and O–H groups in total. The molecule has 0 spiro atoms. The van der Waals surface area contributed by atoms with Crippen LogP contribution >= 0.6 is 0 Å². The van der Waals surface area contributed by atoms with Gasteiger partial charge in [0, 0.05) is 18.2 Å². The number of carbonyl (C=O) groups excluding carboxylic acids is 1. The summed E-state index contributed by atoms with van der Waals surface area (Å²) in [6.45, 7) is 0.447. The number of aliphatic hydroxyl groups is 1. The molecule has 2 atom stereocenters. The van der Waals surface area contributed by atoms with Crippen LogP contribution in [0.15, 0.2) is 24.3 Å². The number of nitrogens with one attached hydrogen (secondary N) is 2. The topological polar surface area (TPSA) is 61.4 Å². The fourth-order valence-corrected chi connectivity index (χ4v) is 2.22.